The molecule has 2 aromatic rings. The van der Waals surface area contributed by atoms with E-state index in [0.29, 0.717) is 22.8 Å². The number of hydrogen-bond acceptors (Lipinski definition) is 5. The molecule has 0 amide bonds. The maximum absolute atomic E-state index is 11.6. The second-order valence-electron chi connectivity index (χ2n) is 4.86. The lowest BCUT2D eigenvalue weighted by molar-refractivity contribution is 0.0482. The molecule has 1 aromatic carbocycles. The summed E-state index contributed by atoms with van der Waals surface area (Å²) in [6.07, 6.45) is 3.70. The number of aromatic nitrogens is 1. The molecule has 0 aliphatic heterocycles. The number of rotatable bonds is 5. The second kappa shape index (κ2) is 5.90. The van der Waals surface area contributed by atoms with Crippen LogP contribution in [0.3, 0.4) is 0 Å². The molecule has 6 heteroatoms. The number of benzene rings is 1. The Morgan fingerprint density at radius 1 is 1.50 bits per heavy atom. The SMILES string of the molecule is [C-]#[N+]c1ccc(OC2CC2)c(-c2cnc(C(=O)OCC)o2)c1. The average molecular weight is 298 g/mol. The van der Waals surface area contributed by atoms with Crippen molar-refractivity contribution in [2.45, 2.75) is 25.9 Å². The predicted octanol–water partition coefficient (Wildman–Crippen LogP) is 3.61. The van der Waals surface area contributed by atoms with Crippen LogP contribution in [0.15, 0.2) is 28.8 Å². The molecule has 0 bridgehead atoms. The van der Waals surface area contributed by atoms with Crippen LogP contribution in [0, 0.1) is 6.57 Å². The van der Waals surface area contributed by atoms with Gasteiger partial charge in [-0.1, -0.05) is 6.07 Å². The Hall–Kier alpha value is -2.81. The van der Waals surface area contributed by atoms with Crippen LogP contribution in [-0.2, 0) is 4.74 Å². The normalized spacial score (nSPS) is 13.5. The fraction of sp³-hybridized carbons (Fsp3) is 0.312. The molecule has 1 aliphatic rings. The number of carbonyl (C=O) groups is 1. The van der Waals surface area contributed by atoms with Gasteiger partial charge in [0.15, 0.2) is 11.4 Å². The van der Waals surface area contributed by atoms with Gasteiger partial charge in [0.05, 0.1) is 31.0 Å². The highest BCUT2D eigenvalue weighted by Crippen LogP contribution is 2.37. The van der Waals surface area contributed by atoms with E-state index in [-0.39, 0.29) is 18.6 Å². The fourth-order valence-electron chi connectivity index (χ4n) is 1.93. The van der Waals surface area contributed by atoms with E-state index in [2.05, 4.69) is 9.83 Å². The summed E-state index contributed by atoms with van der Waals surface area (Å²) in [5.74, 6) is 0.285. The molecule has 3 rings (SSSR count). The van der Waals surface area contributed by atoms with Crippen molar-refractivity contribution < 1.29 is 18.7 Å². The van der Waals surface area contributed by atoms with Crippen LogP contribution < -0.4 is 4.74 Å². The lowest BCUT2D eigenvalue weighted by Gasteiger charge is -2.09. The molecule has 0 atom stereocenters. The van der Waals surface area contributed by atoms with Gasteiger partial charge in [0.25, 0.3) is 0 Å². The first kappa shape index (κ1) is 14.1. The standard InChI is InChI=1S/C16H14N2O4/c1-3-20-16(19)15-18-9-14(22-15)12-8-10(17-2)4-7-13(12)21-11-5-6-11/h4,7-9,11H,3,5-6H2,1H3. The number of oxazole rings is 1. The molecule has 1 aromatic heterocycles. The fourth-order valence-corrected chi connectivity index (χ4v) is 1.93. The zero-order valence-corrected chi connectivity index (χ0v) is 12.0. The maximum Gasteiger partial charge on any atom is 0.394 e. The van der Waals surface area contributed by atoms with Crippen LogP contribution in [0.5, 0.6) is 5.75 Å². The Morgan fingerprint density at radius 2 is 2.32 bits per heavy atom. The van der Waals surface area contributed by atoms with E-state index < -0.39 is 5.97 Å². The Bertz CT molecular complexity index is 741. The molecular formula is C16H14N2O4. The van der Waals surface area contributed by atoms with Gasteiger partial charge in [-0.25, -0.2) is 14.6 Å². The number of carbonyl (C=O) groups excluding carboxylic acids is 1. The van der Waals surface area contributed by atoms with Crippen molar-refractivity contribution in [3.63, 3.8) is 0 Å². The van der Waals surface area contributed by atoms with Gasteiger partial charge in [-0.15, -0.1) is 0 Å². The Labute approximate surface area is 127 Å². The van der Waals surface area contributed by atoms with Gasteiger partial charge in [-0.3, -0.25) is 0 Å². The lowest BCUT2D eigenvalue weighted by Crippen LogP contribution is -2.04. The third kappa shape index (κ3) is 2.93. The molecule has 1 saturated carbocycles. The Balaban J connectivity index is 1.95. The van der Waals surface area contributed by atoms with E-state index >= 15 is 0 Å². The van der Waals surface area contributed by atoms with E-state index in [4.69, 9.17) is 20.5 Å². The second-order valence-corrected chi connectivity index (χ2v) is 4.86. The molecule has 6 nitrogen and oxygen atoms in total. The molecule has 0 unspecified atom stereocenters. The Kier molecular flexibility index (Phi) is 3.79. The molecule has 112 valence electrons. The third-order valence-corrected chi connectivity index (χ3v) is 3.13. The van der Waals surface area contributed by atoms with E-state index in [9.17, 15) is 4.79 Å². The third-order valence-electron chi connectivity index (χ3n) is 3.13. The smallest absolute Gasteiger partial charge is 0.394 e. The van der Waals surface area contributed by atoms with Crippen molar-refractivity contribution in [1.29, 1.82) is 0 Å². The lowest BCUT2D eigenvalue weighted by atomic mass is 10.1. The van der Waals surface area contributed by atoms with Gasteiger partial charge in [0, 0.05) is 0 Å². The molecule has 0 saturated heterocycles. The largest absolute Gasteiger partial charge is 0.490 e. The van der Waals surface area contributed by atoms with Crippen LogP contribution >= 0.6 is 0 Å². The van der Waals surface area contributed by atoms with E-state index in [0.717, 1.165) is 12.8 Å². The van der Waals surface area contributed by atoms with Gasteiger partial charge in [0.2, 0.25) is 0 Å². The van der Waals surface area contributed by atoms with Crippen molar-refractivity contribution in [1.82, 2.24) is 4.98 Å². The van der Waals surface area contributed by atoms with Gasteiger partial charge in [0.1, 0.15) is 5.75 Å². The average Bonchev–Trinajstić information content (AvgIpc) is 3.20. The first-order valence-electron chi connectivity index (χ1n) is 7.02. The highest BCUT2D eigenvalue weighted by atomic mass is 16.5. The first-order valence-corrected chi connectivity index (χ1v) is 7.02. The quantitative estimate of drug-likeness (QED) is 0.623. The molecule has 22 heavy (non-hydrogen) atoms. The number of hydrogen-bond donors (Lipinski definition) is 0. The number of nitrogens with zero attached hydrogens (tertiary/aromatic N) is 2. The topological polar surface area (TPSA) is 65.9 Å². The van der Waals surface area contributed by atoms with Crippen molar-refractivity contribution in [3.05, 3.63) is 41.7 Å². The summed E-state index contributed by atoms with van der Waals surface area (Å²) in [5, 5.41) is 0. The van der Waals surface area contributed by atoms with Gasteiger partial charge in [-0.2, -0.15) is 0 Å². The van der Waals surface area contributed by atoms with Crippen molar-refractivity contribution in [3.8, 4) is 17.1 Å². The van der Waals surface area contributed by atoms with Crippen LogP contribution in [-0.4, -0.2) is 23.7 Å². The van der Waals surface area contributed by atoms with Gasteiger partial charge >= 0.3 is 11.9 Å². The monoisotopic (exact) mass is 298 g/mol. The van der Waals surface area contributed by atoms with E-state index in [1.807, 2.05) is 0 Å². The van der Waals surface area contributed by atoms with E-state index in [1.165, 1.54) is 6.20 Å². The molecule has 0 spiro atoms. The summed E-state index contributed by atoms with van der Waals surface area (Å²) in [7, 11) is 0. The highest BCUT2D eigenvalue weighted by Gasteiger charge is 2.26. The first-order chi connectivity index (χ1) is 10.7. The number of ether oxygens (including phenoxy) is 2. The molecule has 1 heterocycles. The molecule has 1 aliphatic carbocycles. The van der Waals surface area contributed by atoms with Crippen molar-refractivity contribution in [2.24, 2.45) is 0 Å². The highest BCUT2D eigenvalue weighted by molar-refractivity contribution is 5.85. The zero-order chi connectivity index (χ0) is 15.5. The van der Waals surface area contributed by atoms with Gasteiger partial charge in [-0.05, 0) is 31.9 Å². The van der Waals surface area contributed by atoms with Crippen LogP contribution in [0.25, 0.3) is 16.2 Å². The van der Waals surface area contributed by atoms with Gasteiger partial charge < -0.3 is 13.9 Å². The summed E-state index contributed by atoms with van der Waals surface area (Å²) in [4.78, 5) is 19.0. The summed E-state index contributed by atoms with van der Waals surface area (Å²) < 4.78 is 16.1. The van der Waals surface area contributed by atoms with Crippen LogP contribution in [0.1, 0.15) is 30.5 Å². The maximum atomic E-state index is 11.6. The molecule has 0 radical (unpaired) electrons. The summed E-state index contributed by atoms with van der Waals surface area (Å²) in [6, 6.07) is 5.10. The van der Waals surface area contributed by atoms with E-state index in [1.54, 1.807) is 25.1 Å². The minimum Gasteiger partial charge on any atom is -0.490 e. The minimum absolute atomic E-state index is 0.109. The zero-order valence-electron chi connectivity index (χ0n) is 12.0. The molecule has 1 fully saturated rings. The minimum atomic E-state index is -0.611. The van der Waals surface area contributed by atoms with Crippen molar-refractivity contribution >= 4 is 11.7 Å². The van der Waals surface area contributed by atoms with Crippen LogP contribution in [0.2, 0.25) is 0 Å². The summed E-state index contributed by atoms with van der Waals surface area (Å²) in [6.45, 7) is 9.08. The summed E-state index contributed by atoms with van der Waals surface area (Å²) in [5.41, 5.74) is 1.08. The molecule has 0 N–H and O–H groups in total. The number of esters is 1. The van der Waals surface area contributed by atoms with Crippen molar-refractivity contribution in [2.75, 3.05) is 6.61 Å². The predicted molar refractivity (Wildman–Crippen MR) is 77.8 cm³/mol. The Morgan fingerprint density at radius 3 is 3.00 bits per heavy atom. The molecular weight excluding hydrogens is 284 g/mol. The summed E-state index contributed by atoms with van der Waals surface area (Å²) >= 11 is 0. The van der Waals surface area contributed by atoms with Crippen LogP contribution in [0.4, 0.5) is 5.69 Å².